The minimum absolute atomic E-state index is 0.0239. The van der Waals surface area contributed by atoms with Gasteiger partial charge in [0.2, 0.25) is 0 Å². The van der Waals surface area contributed by atoms with Gasteiger partial charge in [-0.3, -0.25) is 4.72 Å². The number of phenols is 1. The Balaban J connectivity index is 1.72. The van der Waals surface area contributed by atoms with Gasteiger partial charge in [-0.05, 0) is 25.1 Å². The Morgan fingerprint density at radius 3 is 2.62 bits per heavy atom. The largest absolute Gasteiger partial charge is 0.507 e. The van der Waals surface area contributed by atoms with Crippen LogP contribution in [0.1, 0.15) is 21.9 Å². The molecule has 2 N–H and O–H groups in total. The van der Waals surface area contributed by atoms with Crippen molar-refractivity contribution >= 4 is 56.2 Å². The van der Waals surface area contributed by atoms with Crippen LogP contribution < -0.4 is 4.72 Å². The molecule has 0 saturated carbocycles. The fourth-order valence-electron chi connectivity index (χ4n) is 2.33. The SMILES string of the molecule is Cc1ncc(COC(=O)c2ccc(NS(=O)(=O)c3cc(Cl)c(Cl)s3)cc2O)n1C. The lowest BCUT2D eigenvalue weighted by molar-refractivity contribution is 0.0461. The van der Waals surface area contributed by atoms with Crippen molar-refractivity contribution in [3.05, 3.63) is 56.9 Å². The van der Waals surface area contributed by atoms with Gasteiger partial charge in [0, 0.05) is 13.1 Å². The highest BCUT2D eigenvalue weighted by molar-refractivity contribution is 7.94. The van der Waals surface area contributed by atoms with Gasteiger partial charge >= 0.3 is 5.97 Å². The molecule has 29 heavy (non-hydrogen) atoms. The molecular weight excluding hydrogens is 461 g/mol. The summed E-state index contributed by atoms with van der Waals surface area (Å²) in [6.45, 7) is 1.79. The number of thiophene rings is 1. The zero-order valence-electron chi connectivity index (χ0n) is 15.1. The molecule has 2 aromatic heterocycles. The lowest BCUT2D eigenvalue weighted by Crippen LogP contribution is -2.12. The topological polar surface area (TPSA) is 111 Å². The average Bonchev–Trinajstić information content (AvgIpc) is 3.15. The van der Waals surface area contributed by atoms with E-state index in [0.717, 1.165) is 23.2 Å². The number of hydrogen-bond acceptors (Lipinski definition) is 7. The van der Waals surface area contributed by atoms with E-state index in [1.807, 2.05) is 6.92 Å². The molecule has 0 radical (unpaired) electrons. The number of sulfonamides is 1. The number of benzene rings is 1. The molecule has 0 bridgehead atoms. The van der Waals surface area contributed by atoms with Gasteiger partial charge in [-0.2, -0.15) is 0 Å². The fourth-order valence-corrected chi connectivity index (χ4v) is 5.26. The van der Waals surface area contributed by atoms with E-state index in [1.54, 1.807) is 17.8 Å². The quantitative estimate of drug-likeness (QED) is 0.521. The summed E-state index contributed by atoms with van der Waals surface area (Å²) in [6.07, 6.45) is 1.59. The van der Waals surface area contributed by atoms with Gasteiger partial charge in [0.15, 0.2) is 0 Å². The van der Waals surface area contributed by atoms with Gasteiger partial charge in [-0.1, -0.05) is 23.2 Å². The Morgan fingerprint density at radius 2 is 2.07 bits per heavy atom. The second-order valence-corrected chi connectivity index (χ2v) is 9.93. The molecule has 0 unspecified atom stereocenters. The Hall–Kier alpha value is -2.27. The second-order valence-electron chi connectivity index (χ2n) is 5.96. The lowest BCUT2D eigenvalue weighted by atomic mass is 10.2. The van der Waals surface area contributed by atoms with Crippen LogP contribution in [-0.2, 0) is 28.4 Å². The molecule has 0 aliphatic heterocycles. The van der Waals surface area contributed by atoms with E-state index in [2.05, 4.69) is 9.71 Å². The van der Waals surface area contributed by atoms with Crippen LogP contribution in [0.3, 0.4) is 0 Å². The standard InChI is InChI=1S/C17H15Cl2N3O5S2/c1-9-20-7-11(22(9)2)8-27-17(24)12-4-3-10(5-14(12)23)21-29(25,26)15-6-13(18)16(19)28-15/h3-7,21,23H,8H2,1-2H3. The van der Waals surface area contributed by atoms with E-state index in [0.29, 0.717) is 5.69 Å². The summed E-state index contributed by atoms with van der Waals surface area (Å²) < 4.78 is 34.1. The number of carbonyl (C=O) groups excluding carboxylic acids is 1. The lowest BCUT2D eigenvalue weighted by Gasteiger charge is -2.10. The number of anilines is 1. The molecule has 0 fully saturated rings. The van der Waals surface area contributed by atoms with E-state index in [-0.39, 0.29) is 31.4 Å². The Labute approximate surface area is 180 Å². The summed E-state index contributed by atoms with van der Waals surface area (Å²) >= 11 is 12.4. The van der Waals surface area contributed by atoms with Crippen molar-refractivity contribution in [3.8, 4) is 5.75 Å². The summed E-state index contributed by atoms with van der Waals surface area (Å²) in [5, 5.41) is 10.3. The van der Waals surface area contributed by atoms with Crippen LogP contribution in [0.2, 0.25) is 9.36 Å². The average molecular weight is 476 g/mol. The number of ether oxygens (including phenoxy) is 1. The number of esters is 1. The van der Waals surface area contributed by atoms with Gasteiger partial charge in [0.25, 0.3) is 10.0 Å². The predicted molar refractivity (Wildman–Crippen MR) is 110 cm³/mol. The number of nitrogens with zero attached hydrogens (tertiary/aromatic N) is 2. The first kappa shape index (κ1) is 21.4. The smallest absolute Gasteiger partial charge is 0.342 e. The van der Waals surface area contributed by atoms with Crippen molar-refractivity contribution in [1.82, 2.24) is 9.55 Å². The summed E-state index contributed by atoms with van der Waals surface area (Å²) in [4.78, 5) is 16.3. The summed E-state index contributed by atoms with van der Waals surface area (Å²) in [6, 6.07) is 4.93. The number of rotatable bonds is 6. The number of imidazole rings is 1. The minimum atomic E-state index is -3.95. The van der Waals surface area contributed by atoms with Gasteiger partial charge < -0.3 is 14.4 Å². The molecule has 3 aromatic rings. The molecule has 154 valence electrons. The number of halogens is 2. The first-order chi connectivity index (χ1) is 13.6. The van der Waals surface area contributed by atoms with Gasteiger partial charge in [0.05, 0.1) is 22.6 Å². The maximum atomic E-state index is 12.4. The number of carbonyl (C=O) groups is 1. The van der Waals surface area contributed by atoms with E-state index < -0.39 is 21.7 Å². The third-order valence-corrected chi connectivity index (χ3v) is 7.75. The molecule has 0 aliphatic rings. The predicted octanol–water partition coefficient (Wildman–Crippen LogP) is 3.96. The normalized spacial score (nSPS) is 11.4. The highest BCUT2D eigenvalue weighted by Crippen LogP contribution is 2.35. The Kier molecular flexibility index (Phi) is 6.08. The Bertz CT molecular complexity index is 1170. The maximum Gasteiger partial charge on any atom is 0.342 e. The molecule has 8 nitrogen and oxygen atoms in total. The van der Waals surface area contributed by atoms with Crippen molar-refractivity contribution in [2.45, 2.75) is 17.7 Å². The molecule has 12 heteroatoms. The first-order valence-electron chi connectivity index (χ1n) is 8.03. The monoisotopic (exact) mass is 475 g/mol. The van der Waals surface area contributed by atoms with Crippen LogP contribution in [0.4, 0.5) is 5.69 Å². The zero-order valence-corrected chi connectivity index (χ0v) is 18.3. The van der Waals surface area contributed by atoms with Crippen molar-refractivity contribution in [3.63, 3.8) is 0 Å². The van der Waals surface area contributed by atoms with E-state index in [9.17, 15) is 18.3 Å². The fraction of sp³-hybridized carbons (Fsp3) is 0.176. The minimum Gasteiger partial charge on any atom is -0.507 e. The summed E-state index contributed by atoms with van der Waals surface area (Å²) in [5.41, 5.74) is 0.643. The van der Waals surface area contributed by atoms with E-state index in [4.69, 9.17) is 27.9 Å². The third-order valence-electron chi connectivity index (χ3n) is 4.03. The second kappa shape index (κ2) is 8.23. The molecule has 2 heterocycles. The van der Waals surface area contributed by atoms with Crippen LogP contribution in [0.15, 0.2) is 34.7 Å². The van der Waals surface area contributed by atoms with E-state index in [1.165, 1.54) is 18.2 Å². The van der Waals surface area contributed by atoms with Crippen LogP contribution in [0.25, 0.3) is 0 Å². The number of aromatic nitrogens is 2. The van der Waals surface area contributed by atoms with E-state index >= 15 is 0 Å². The Morgan fingerprint density at radius 1 is 1.34 bits per heavy atom. The van der Waals surface area contributed by atoms with Crippen molar-refractivity contribution in [2.24, 2.45) is 7.05 Å². The molecule has 0 amide bonds. The van der Waals surface area contributed by atoms with Crippen LogP contribution in [0, 0.1) is 6.92 Å². The number of phenolic OH excluding ortho intramolecular Hbond substituents is 1. The molecule has 1 aromatic carbocycles. The third kappa shape index (κ3) is 4.67. The molecule has 0 aliphatic carbocycles. The summed E-state index contributed by atoms with van der Waals surface area (Å²) in [5.74, 6) is -0.421. The van der Waals surface area contributed by atoms with Crippen LogP contribution >= 0.6 is 34.5 Å². The molecule has 0 spiro atoms. The number of aryl methyl sites for hydroxylation is 1. The van der Waals surface area contributed by atoms with Crippen LogP contribution in [0.5, 0.6) is 5.75 Å². The van der Waals surface area contributed by atoms with Crippen LogP contribution in [-0.4, -0.2) is 29.0 Å². The first-order valence-corrected chi connectivity index (χ1v) is 11.1. The number of nitrogens with one attached hydrogen (secondary N) is 1. The summed E-state index contributed by atoms with van der Waals surface area (Å²) in [7, 11) is -2.16. The van der Waals surface area contributed by atoms with Crippen molar-refractivity contribution in [1.29, 1.82) is 0 Å². The number of hydrogen-bond donors (Lipinski definition) is 2. The molecular formula is C17H15Cl2N3O5S2. The van der Waals surface area contributed by atoms with Gasteiger partial charge in [-0.15, -0.1) is 11.3 Å². The molecule has 0 saturated heterocycles. The molecule has 0 atom stereocenters. The highest BCUT2D eigenvalue weighted by Gasteiger charge is 2.21. The van der Waals surface area contributed by atoms with Crippen molar-refractivity contribution in [2.75, 3.05) is 4.72 Å². The zero-order chi connectivity index (χ0) is 21.3. The number of aromatic hydroxyl groups is 1. The van der Waals surface area contributed by atoms with Gasteiger partial charge in [0.1, 0.15) is 32.3 Å². The maximum absolute atomic E-state index is 12.4. The van der Waals surface area contributed by atoms with Crippen molar-refractivity contribution < 1.29 is 23.1 Å². The van der Waals surface area contributed by atoms with Gasteiger partial charge in [-0.25, -0.2) is 18.2 Å². The molecule has 3 rings (SSSR count). The highest BCUT2D eigenvalue weighted by atomic mass is 35.5.